The number of thioether (sulfide) groups is 1. The highest BCUT2D eigenvalue weighted by Crippen LogP contribution is 2.60. The van der Waals surface area contributed by atoms with Crippen LogP contribution in [0, 0.1) is 11.3 Å². The molecule has 0 saturated heterocycles. The summed E-state index contributed by atoms with van der Waals surface area (Å²) in [5, 5.41) is 16.2. The lowest BCUT2D eigenvalue weighted by atomic mass is 10.2. The van der Waals surface area contributed by atoms with Gasteiger partial charge >= 0.3 is 7.60 Å². The van der Waals surface area contributed by atoms with Crippen molar-refractivity contribution in [3.8, 4) is 6.07 Å². The van der Waals surface area contributed by atoms with E-state index in [1.165, 1.54) is 11.8 Å². The highest BCUT2D eigenvalue weighted by Gasteiger charge is 2.38. The molecule has 1 atom stereocenters. The molecule has 194 valence electrons. The van der Waals surface area contributed by atoms with Crippen LogP contribution in [-0.2, 0) is 25.0 Å². The molecule has 36 heavy (non-hydrogen) atoms. The summed E-state index contributed by atoms with van der Waals surface area (Å²) in [5.41, 5.74) is 1.51. The Morgan fingerprint density at radius 3 is 2.06 bits per heavy atom. The molecule has 0 radical (unpaired) electrons. The SMILES string of the molecule is CCCCOP(=O)(OCCCC)C(N/C(SC)=C(/C#N)C(=O)NCc1ccccc1)c1ccccc1. The first-order chi connectivity index (χ1) is 17.5. The first-order valence-electron chi connectivity index (χ1n) is 12.2. The van der Waals surface area contributed by atoms with Crippen LogP contribution in [0.25, 0.3) is 0 Å². The predicted molar refractivity (Wildman–Crippen MR) is 146 cm³/mol. The Labute approximate surface area is 219 Å². The van der Waals surface area contributed by atoms with Crippen molar-refractivity contribution >= 4 is 25.3 Å². The van der Waals surface area contributed by atoms with E-state index >= 15 is 0 Å². The van der Waals surface area contributed by atoms with E-state index in [9.17, 15) is 14.6 Å². The Kier molecular flexibility index (Phi) is 13.4. The summed E-state index contributed by atoms with van der Waals surface area (Å²) in [6, 6.07) is 20.7. The van der Waals surface area contributed by atoms with Gasteiger partial charge in [-0.2, -0.15) is 5.26 Å². The van der Waals surface area contributed by atoms with E-state index in [4.69, 9.17) is 9.05 Å². The van der Waals surface area contributed by atoms with Gasteiger partial charge in [0, 0.05) is 6.54 Å². The van der Waals surface area contributed by atoms with E-state index in [1.54, 1.807) is 6.26 Å². The summed E-state index contributed by atoms with van der Waals surface area (Å²) < 4.78 is 26.0. The highest BCUT2D eigenvalue weighted by molar-refractivity contribution is 8.02. The number of benzene rings is 2. The van der Waals surface area contributed by atoms with Crippen molar-refractivity contribution in [1.29, 1.82) is 5.26 Å². The molecule has 0 bridgehead atoms. The number of hydrogen-bond donors (Lipinski definition) is 2. The molecule has 0 saturated carbocycles. The van der Waals surface area contributed by atoms with Gasteiger partial charge in [0.05, 0.1) is 18.2 Å². The van der Waals surface area contributed by atoms with Crippen LogP contribution in [0.5, 0.6) is 0 Å². The van der Waals surface area contributed by atoms with Gasteiger partial charge < -0.3 is 19.7 Å². The van der Waals surface area contributed by atoms with Crippen molar-refractivity contribution in [3.63, 3.8) is 0 Å². The topological polar surface area (TPSA) is 100 Å². The molecule has 1 unspecified atom stereocenters. The monoisotopic (exact) mass is 529 g/mol. The molecule has 0 aliphatic heterocycles. The molecule has 2 aromatic carbocycles. The van der Waals surface area contributed by atoms with Crippen molar-refractivity contribution in [3.05, 3.63) is 82.4 Å². The molecule has 1 amide bonds. The molecular formula is C27H36N3O4PS. The summed E-state index contributed by atoms with van der Waals surface area (Å²) in [6.45, 7) is 4.91. The zero-order valence-electron chi connectivity index (χ0n) is 21.2. The van der Waals surface area contributed by atoms with E-state index in [1.807, 2.05) is 80.6 Å². The standard InChI is InChI=1S/C27H36N3O4PS/c1-4-6-18-33-35(32,34-19-7-5-2)26(23-16-12-9-13-17-23)30-27(36-3)24(20-28)25(31)29-21-22-14-10-8-11-15-22/h8-17,26,30H,4-7,18-19,21H2,1-3H3,(H,29,31)/b27-24+. The lowest BCUT2D eigenvalue weighted by molar-refractivity contribution is -0.117. The fourth-order valence-electron chi connectivity index (χ4n) is 3.27. The number of hydrogen-bond acceptors (Lipinski definition) is 7. The van der Waals surface area contributed by atoms with Crippen LogP contribution in [-0.4, -0.2) is 25.4 Å². The molecule has 0 aliphatic rings. The molecule has 0 spiro atoms. The number of carbonyl (C=O) groups is 1. The zero-order valence-corrected chi connectivity index (χ0v) is 22.9. The van der Waals surface area contributed by atoms with Crippen LogP contribution in [0.3, 0.4) is 0 Å². The maximum absolute atomic E-state index is 14.2. The Hall–Kier alpha value is -2.56. The number of unbranched alkanes of at least 4 members (excludes halogenated alkanes) is 2. The van der Waals surface area contributed by atoms with Gasteiger partial charge in [-0.15, -0.1) is 11.8 Å². The first kappa shape index (κ1) is 29.7. The average molecular weight is 530 g/mol. The first-order valence-corrected chi connectivity index (χ1v) is 15.0. The number of nitriles is 1. The van der Waals surface area contributed by atoms with E-state index < -0.39 is 19.3 Å². The van der Waals surface area contributed by atoms with Crippen molar-refractivity contribution in [2.45, 2.75) is 51.9 Å². The van der Waals surface area contributed by atoms with Crippen molar-refractivity contribution in [2.75, 3.05) is 19.5 Å². The molecule has 2 aromatic rings. The molecule has 0 aromatic heterocycles. The molecule has 2 rings (SSSR count). The number of nitrogens with zero attached hydrogens (tertiary/aromatic N) is 1. The van der Waals surface area contributed by atoms with Gasteiger partial charge in [-0.3, -0.25) is 9.36 Å². The molecule has 9 heteroatoms. The molecule has 0 aliphatic carbocycles. The van der Waals surface area contributed by atoms with Crippen molar-refractivity contribution in [2.24, 2.45) is 0 Å². The van der Waals surface area contributed by atoms with Crippen LogP contribution < -0.4 is 10.6 Å². The van der Waals surface area contributed by atoms with Gasteiger partial charge in [0.2, 0.25) is 0 Å². The molecule has 0 heterocycles. The maximum Gasteiger partial charge on any atom is 0.357 e. The number of rotatable bonds is 16. The molecular weight excluding hydrogens is 493 g/mol. The van der Waals surface area contributed by atoms with Crippen LogP contribution >= 0.6 is 19.4 Å². The fraction of sp³-hybridized carbons (Fsp3) is 0.407. The number of amides is 1. The quantitative estimate of drug-likeness (QED) is 0.111. The van der Waals surface area contributed by atoms with Gasteiger partial charge in [0.25, 0.3) is 5.91 Å². The second-order valence-corrected chi connectivity index (χ2v) is 11.0. The Morgan fingerprint density at radius 2 is 1.56 bits per heavy atom. The third-order valence-corrected chi connectivity index (χ3v) is 8.18. The second kappa shape index (κ2) is 16.2. The number of carbonyl (C=O) groups excluding carboxylic acids is 1. The summed E-state index contributed by atoms with van der Waals surface area (Å²) in [4.78, 5) is 13.0. The summed E-state index contributed by atoms with van der Waals surface area (Å²) >= 11 is 1.20. The Morgan fingerprint density at radius 1 is 1.00 bits per heavy atom. The van der Waals surface area contributed by atoms with Crippen molar-refractivity contribution < 1.29 is 18.4 Å². The largest absolute Gasteiger partial charge is 0.361 e. The van der Waals surface area contributed by atoms with Crippen LogP contribution in [0.15, 0.2) is 71.3 Å². The van der Waals surface area contributed by atoms with Crippen LogP contribution in [0.1, 0.15) is 56.4 Å². The predicted octanol–water partition coefficient (Wildman–Crippen LogP) is 6.52. The average Bonchev–Trinajstić information content (AvgIpc) is 2.91. The molecule has 7 nitrogen and oxygen atoms in total. The normalized spacial score (nSPS) is 12.8. The third kappa shape index (κ3) is 9.15. The van der Waals surface area contributed by atoms with Gasteiger partial charge in [0.15, 0.2) is 5.78 Å². The highest BCUT2D eigenvalue weighted by atomic mass is 32.2. The van der Waals surface area contributed by atoms with Crippen LogP contribution in [0.2, 0.25) is 0 Å². The lowest BCUT2D eigenvalue weighted by Gasteiger charge is -2.29. The van der Waals surface area contributed by atoms with Crippen molar-refractivity contribution in [1.82, 2.24) is 10.6 Å². The lowest BCUT2D eigenvalue weighted by Crippen LogP contribution is -2.29. The fourth-order valence-corrected chi connectivity index (χ4v) is 5.90. The second-order valence-electron chi connectivity index (χ2n) is 8.06. The molecule has 2 N–H and O–H groups in total. The maximum atomic E-state index is 14.2. The van der Waals surface area contributed by atoms with Gasteiger partial charge in [0.1, 0.15) is 11.6 Å². The number of nitrogens with one attached hydrogen (secondary N) is 2. The molecule has 0 fully saturated rings. The van der Waals surface area contributed by atoms with E-state index in [0.717, 1.165) is 31.2 Å². The summed E-state index contributed by atoms with van der Waals surface area (Å²) in [5.74, 6) is -1.40. The third-order valence-electron chi connectivity index (χ3n) is 5.30. The minimum Gasteiger partial charge on any atom is -0.361 e. The van der Waals surface area contributed by atoms with Crippen LogP contribution in [0.4, 0.5) is 0 Å². The summed E-state index contributed by atoms with van der Waals surface area (Å²) in [6.07, 6.45) is 4.99. The smallest absolute Gasteiger partial charge is 0.357 e. The summed E-state index contributed by atoms with van der Waals surface area (Å²) in [7, 11) is -3.72. The zero-order chi connectivity index (χ0) is 26.2. The van der Waals surface area contributed by atoms with E-state index in [-0.39, 0.29) is 25.3 Å². The Balaban J connectivity index is 2.40. The van der Waals surface area contributed by atoms with Gasteiger partial charge in [-0.1, -0.05) is 87.4 Å². The van der Waals surface area contributed by atoms with E-state index in [0.29, 0.717) is 10.6 Å². The minimum atomic E-state index is -3.72. The van der Waals surface area contributed by atoms with Gasteiger partial charge in [-0.25, -0.2) is 0 Å². The van der Waals surface area contributed by atoms with Gasteiger partial charge in [-0.05, 0) is 30.2 Å². The van der Waals surface area contributed by atoms with E-state index in [2.05, 4.69) is 10.6 Å². The minimum absolute atomic E-state index is 0.0898. The Bertz CT molecular complexity index is 1040.